The SMILES string of the molecule is CC(C)(C)C(=O)N1CCN(c2ccc(NC(=O)COc3ccccc3Cl)cc2Cl)CC1. The Morgan fingerprint density at radius 2 is 1.68 bits per heavy atom. The van der Waals surface area contributed by atoms with E-state index < -0.39 is 0 Å². The lowest BCUT2D eigenvalue weighted by Crippen LogP contribution is -2.51. The standard InChI is InChI=1S/C23H27Cl2N3O3/c1-23(2,3)22(30)28-12-10-27(11-13-28)19-9-8-16(14-18(19)25)26-21(29)15-31-20-7-5-4-6-17(20)24/h4-9,14H,10-13,15H2,1-3H3,(H,26,29). The van der Waals surface area contributed by atoms with Crippen LogP contribution in [0.25, 0.3) is 0 Å². The Balaban J connectivity index is 1.55. The number of nitrogens with zero attached hydrogens (tertiary/aromatic N) is 2. The number of benzene rings is 2. The minimum absolute atomic E-state index is 0.160. The van der Waals surface area contributed by atoms with Gasteiger partial charge in [-0.2, -0.15) is 0 Å². The number of hydrogen-bond acceptors (Lipinski definition) is 4. The van der Waals surface area contributed by atoms with Gasteiger partial charge in [-0.15, -0.1) is 0 Å². The van der Waals surface area contributed by atoms with Crippen LogP contribution >= 0.6 is 23.2 Å². The van der Waals surface area contributed by atoms with E-state index in [9.17, 15) is 9.59 Å². The highest BCUT2D eigenvalue weighted by atomic mass is 35.5. The van der Waals surface area contributed by atoms with E-state index in [2.05, 4.69) is 10.2 Å². The van der Waals surface area contributed by atoms with Crippen LogP contribution in [0, 0.1) is 5.41 Å². The molecular weight excluding hydrogens is 437 g/mol. The second-order valence-electron chi connectivity index (χ2n) is 8.46. The summed E-state index contributed by atoms with van der Waals surface area (Å²) in [6, 6.07) is 12.4. The zero-order chi connectivity index (χ0) is 22.6. The lowest BCUT2D eigenvalue weighted by molar-refractivity contribution is -0.139. The fraction of sp³-hybridized carbons (Fsp3) is 0.391. The maximum Gasteiger partial charge on any atom is 0.262 e. The number of rotatable bonds is 5. The van der Waals surface area contributed by atoms with Gasteiger partial charge >= 0.3 is 0 Å². The average Bonchev–Trinajstić information content (AvgIpc) is 2.72. The van der Waals surface area contributed by atoms with E-state index in [4.69, 9.17) is 27.9 Å². The van der Waals surface area contributed by atoms with Gasteiger partial charge in [0.2, 0.25) is 5.91 Å². The first kappa shape index (κ1) is 23.2. The van der Waals surface area contributed by atoms with Crippen molar-refractivity contribution in [2.45, 2.75) is 20.8 Å². The minimum Gasteiger partial charge on any atom is -0.482 e. The third kappa shape index (κ3) is 6.05. The van der Waals surface area contributed by atoms with Gasteiger partial charge in [0, 0.05) is 37.3 Å². The van der Waals surface area contributed by atoms with E-state index in [1.54, 1.807) is 36.4 Å². The quantitative estimate of drug-likeness (QED) is 0.697. The fourth-order valence-electron chi connectivity index (χ4n) is 3.37. The fourth-order valence-corrected chi connectivity index (χ4v) is 3.86. The van der Waals surface area contributed by atoms with Crippen molar-refractivity contribution in [3.05, 3.63) is 52.5 Å². The zero-order valence-electron chi connectivity index (χ0n) is 18.0. The summed E-state index contributed by atoms with van der Waals surface area (Å²) < 4.78 is 5.46. The number of ether oxygens (including phenoxy) is 1. The molecule has 1 fully saturated rings. The number of hydrogen-bond donors (Lipinski definition) is 1. The summed E-state index contributed by atoms with van der Waals surface area (Å²) >= 11 is 12.5. The van der Waals surface area contributed by atoms with E-state index in [0.717, 1.165) is 5.69 Å². The summed E-state index contributed by atoms with van der Waals surface area (Å²) in [5.74, 6) is 0.310. The summed E-state index contributed by atoms with van der Waals surface area (Å²) in [7, 11) is 0. The smallest absolute Gasteiger partial charge is 0.262 e. The molecule has 1 aliphatic heterocycles. The molecule has 1 aliphatic rings. The molecule has 0 spiro atoms. The summed E-state index contributed by atoms with van der Waals surface area (Å²) in [6.07, 6.45) is 0. The zero-order valence-corrected chi connectivity index (χ0v) is 19.5. The van der Waals surface area contributed by atoms with Gasteiger partial charge in [-0.05, 0) is 30.3 Å². The Morgan fingerprint density at radius 1 is 1.00 bits per heavy atom. The molecule has 0 radical (unpaired) electrons. The first-order valence-electron chi connectivity index (χ1n) is 10.2. The van der Waals surface area contributed by atoms with Crippen molar-refractivity contribution < 1.29 is 14.3 Å². The molecule has 1 N–H and O–H groups in total. The van der Waals surface area contributed by atoms with Crippen molar-refractivity contribution in [2.75, 3.05) is 43.0 Å². The molecule has 2 aromatic carbocycles. The third-order valence-corrected chi connectivity index (χ3v) is 5.59. The van der Waals surface area contributed by atoms with Crippen molar-refractivity contribution in [1.82, 2.24) is 4.90 Å². The van der Waals surface area contributed by atoms with Gasteiger partial charge in [-0.25, -0.2) is 0 Å². The highest BCUT2D eigenvalue weighted by molar-refractivity contribution is 6.33. The van der Waals surface area contributed by atoms with Crippen molar-refractivity contribution in [3.63, 3.8) is 0 Å². The number of nitrogens with one attached hydrogen (secondary N) is 1. The molecule has 0 aliphatic carbocycles. The number of amides is 2. The van der Waals surface area contributed by atoms with Crippen LogP contribution in [0.15, 0.2) is 42.5 Å². The summed E-state index contributed by atoms with van der Waals surface area (Å²) in [4.78, 5) is 28.7. The third-order valence-electron chi connectivity index (χ3n) is 4.98. The number of carbonyl (C=O) groups is 2. The first-order valence-corrected chi connectivity index (χ1v) is 10.9. The molecule has 3 rings (SSSR count). The maximum absolute atomic E-state index is 12.5. The molecule has 0 bridgehead atoms. The molecular formula is C23H27Cl2N3O3. The van der Waals surface area contributed by atoms with Gasteiger partial charge in [-0.1, -0.05) is 56.1 Å². The second kappa shape index (κ2) is 9.79. The minimum atomic E-state index is -0.380. The van der Waals surface area contributed by atoms with Gasteiger partial charge in [0.15, 0.2) is 6.61 Å². The highest BCUT2D eigenvalue weighted by Crippen LogP contribution is 2.30. The number of anilines is 2. The van der Waals surface area contributed by atoms with Crippen LogP contribution in [-0.2, 0) is 9.59 Å². The lowest BCUT2D eigenvalue weighted by atomic mass is 9.94. The van der Waals surface area contributed by atoms with E-state index in [1.165, 1.54) is 0 Å². The van der Waals surface area contributed by atoms with Gasteiger partial charge < -0.3 is 19.9 Å². The number of halogens is 2. The number of piperazine rings is 1. The molecule has 0 atom stereocenters. The average molecular weight is 464 g/mol. The molecule has 2 amide bonds. The molecule has 0 unspecified atom stereocenters. The van der Waals surface area contributed by atoms with Crippen LogP contribution in [0.2, 0.25) is 10.0 Å². The Kier molecular flexibility index (Phi) is 7.34. The van der Waals surface area contributed by atoms with Gasteiger partial charge in [0.25, 0.3) is 5.91 Å². The van der Waals surface area contributed by atoms with Gasteiger partial charge in [0.05, 0.1) is 15.7 Å². The monoisotopic (exact) mass is 463 g/mol. The van der Waals surface area contributed by atoms with Crippen LogP contribution in [0.1, 0.15) is 20.8 Å². The van der Waals surface area contributed by atoms with Crippen molar-refractivity contribution in [3.8, 4) is 5.75 Å². The Hall–Kier alpha value is -2.44. The Bertz CT molecular complexity index is 951. The molecule has 0 saturated carbocycles. The van der Waals surface area contributed by atoms with E-state index in [0.29, 0.717) is 47.7 Å². The summed E-state index contributed by atoms with van der Waals surface area (Å²) in [5.41, 5.74) is 1.09. The van der Waals surface area contributed by atoms with Crippen LogP contribution in [0.4, 0.5) is 11.4 Å². The molecule has 1 heterocycles. The first-order chi connectivity index (χ1) is 14.6. The lowest BCUT2D eigenvalue weighted by Gasteiger charge is -2.39. The molecule has 31 heavy (non-hydrogen) atoms. The van der Waals surface area contributed by atoms with Crippen molar-refractivity contribution in [2.24, 2.45) is 5.41 Å². The highest BCUT2D eigenvalue weighted by Gasteiger charge is 2.30. The van der Waals surface area contributed by atoms with E-state index in [1.807, 2.05) is 31.7 Å². The van der Waals surface area contributed by atoms with Gasteiger partial charge in [-0.3, -0.25) is 9.59 Å². The van der Waals surface area contributed by atoms with Gasteiger partial charge in [0.1, 0.15) is 5.75 Å². The Labute approximate surface area is 193 Å². The molecule has 8 heteroatoms. The van der Waals surface area contributed by atoms with Crippen LogP contribution < -0.4 is 15.0 Å². The molecule has 1 saturated heterocycles. The topological polar surface area (TPSA) is 61.9 Å². The molecule has 6 nitrogen and oxygen atoms in total. The predicted molar refractivity (Wildman–Crippen MR) is 125 cm³/mol. The van der Waals surface area contributed by atoms with E-state index >= 15 is 0 Å². The molecule has 0 aromatic heterocycles. The largest absolute Gasteiger partial charge is 0.482 e. The van der Waals surface area contributed by atoms with Crippen LogP contribution in [0.3, 0.4) is 0 Å². The second-order valence-corrected chi connectivity index (χ2v) is 9.28. The molecule has 2 aromatic rings. The predicted octanol–water partition coefficient (Wildman–Crippen LogP) is 4.71. The van der Waals surface area contributed by atoms with E-state index in [-0.39, 0.29) is 23.8 Å². The maximum atomic E-state index is 12.5. The number of para-hydroxylation sites is 1. The summed E-state index contributed by atoms with van der Waals surface area (Å²) in [5, 5.41) is 3.77. The van der Waals surface area contributed by atoms with Crippen LogP contribution in [0.5, 0.6) is 5.75 Å². The Morgan fingerprint density at radius 3 is 2.29 bits per heavy atom. The normalized spacial score (nSPS) is 14.4. The van der Waals surface area contributed by atoms with Crippen molar-refractivity contribution in [1.29, 1.82) is 0 Å². The van der Waals surface area contributed by atoms with Crippen molar-refractivity contribution >= 4 is 46.4 Å². The van der Waals surface area contributed by atoms with Crippen LogP contribution in [-0.4, -0.2) is 49.5 Å². The number of carbonyl (C=O) groups excluding carboxylic acids is 2. The summed E-state index contributed by atoms with van der Waals surface area (Å²) in [6.45, 7) is 8.38. The molecule has 166 valence electrons.